The molecule has 5 nitrogen and oxygen atoms in total. The maximum Gasteiger partial charge on any atom is 0.490 e. The zero-order valence-electron chi connectivity index (χ0n) is 22.6. The molecular weight excluding hydrogens is 576 g/mol. The number of amides is 1. The van der Waals surface area contributed by atoms with Crippen molar-refractivity contribution in [3.8, 4) is 0 Å². The first-order valence-electron chi connectivity index (χ1n) is 13.3. The molecule has 0 aliphatic carbocycles. The number of likely N-dealkylation sites (tertiary alicyclic amines) is 1. The van der Waals surface area contributed by atoms with Gasteiger partial charge >= 0.3 is 12.1 Å². The summed E-state index contributed by atoms with van der Waals surface area (Å²) in [6, 6.07) is 26.2. The molecule has 41 heavy (non-hydrogen) atoms. The Balaban J connectivity index is 0.000000587. The van der Waals surface area contributed by atoms with Crippen LogP contribution >= 0.6 is 23.2 Å². The molecule has 220 valence electrons. The molecule has 0 spiro atoms. The lowest BCUT2D eigenvalue weighted by molar-refractivity contribution is -0.192. The summed E-state index contributed by atoms with van der Waals surface area (Å²) in [5.41, 5.74) is 3.60. The number of piperidine rings is 1. The third kappa shape index (κ3) is 10.4. The predicted molar refractivity (Wildman–Crippen MR) is 155 cm³/mol. The van der Waals surface area contributed by atoms with Gasteiger partial charge in [0.2, 0.25) is 5.91 Å². The summed E-state index contributed by atoms with van der Waals surface area (Å²) < 4.78 is 31.7. The van der Waals surface area contributed by atoms with Crippen LogP contribution in [0.4, 0.5) is 13.2 Å². The number of nitrogens with zero attached hydrogens (tertiary/aromatic N) is 1. The number of rotatable bonds is 8. The van der Waals surface area contributed by atoms with Crippen LogP contribution in [0, 0.1) is 0 Å². The van der Waals surface area contributed by atoms with E-state index in [-0.39, 0.29) is 23.9 Å². The smallest absolute Gasteiger partial charge is 0.475 e. The van der Waals surface area contributed by atoms with E-state index in [0.29, 0.717) is 5.02 Å². The monoisotopic (exact) mass is 608 g/mol. The number of hydrogen-bond acceptors (Lipinski definition) is 3. The fourth-order valence-corrected chi connectivity index (χ4v) is 5.14. The number of aliphatic carboxylic acids is 1. The molecule has 0 aromatic heterocycles. The molecule has 10 heteroatoms. The molecule has 3 unspecified atom stereocenters. The van der Waals surface area contributed by atoms with Crippen LogP contribution in [0.15, 0.2) is 78.9 Å². The average molecular weight is 610 g/mol. The molecule has 1 aliphatic rings. The zero-order chi connectivity index (χ0) is 30.0. The summed E-state index contributed by atoms with van der Waals surface area (Å²) in [5, 5.41) is 11.9. The number of carboxylic acid groups (broad SMARTS) is 1. The van der Waals surface area contributed by atoms with Gasteiger partial charge in [0.05, 0.1) is 6.04 Å². The van der Waals surface area contributed by atoms with Crippen LogP contribution in [0.25, 0.3) is 0 Å². The van der Waals surface area contributed by atoms with E-state index in [1.165, 1.54) is 11.1 Å². The van der Waals surface area contributed by atoms with Gasteiger partial charge in [-0.2, -0.15) is 13.2 Å². The minimum absolute atomic E-state index is 0.0372. The molecule has 3 aromatic rings. The molecule has 1 saturated heterocycles. The normalized spacial score (nSPS) is 17.1. The third-order valence-corrected chi connectivity index (χ3v) is 7.53. The maximum atomic E-state index is 13.5. The lowest BCUT2D eigenvalue weighted by Crippen LogP contribution is -2.52. The summed E-state index contributed by atoms with van der Waals surface area (Å²) in [5.74, 6) is -2.51. The highest BCUT2D eigenvalue weighted by Crippen LogP contribution is 2.28. The second kappa shape index (κ2) is 15.2. The molecule has 2 N–H and O–H groups in total. The van der Waals surface area contributed by atoms with Gasteiger partial charge < -0.3 is 10.4 Å². The molecule has 1 aliphatic heterocycles. The fourth-order valence-electron chi connectivity index (χ4n) is 4.88. The Hall–Kier alpha value is -3.07. The lowest BCUT2D eigenvalue weighted by atomic mass is 9.86. The Labute approximate surface area is 248 Å². The summed E-state index contributed by atoms with van der Waals surface area (Å²) in [4.78, 5) is 24.7. The Morgan fingerprint density at radius 2 is 1.49 bits per heavy atom. The van der Waals surface area contributed by atoms with Crippen molar-refractivity contribution in [2.45, 2.75) is 63.3 Å². The molecule has 0 radical (unpaired) electrons. The van der Waals surface area contributed by atoms with Crippen LogP contribution < -0.4 is 5.32 Å². The highest BCUT2D eigenvalue weighted by Gasteiger charge is 2.38. The summed E-state index contributed by atoms with van der Waals surface area (Å²) in [7, 11) is 0. The number of alkyl halides is 3. The van der Waals surface area contributed by atoms with Crippen LogP contribution in [0.5, 0.6) is 0 Å². The number of carboxylic acids is 1. The highest BCUT2D eigenvalue weighted by atomic mass is 35.5. The molecular formula is C31H33Cl2F3N2O3. The molecule has 3 aromatic carbocycles. The molecule has 4 rings (SSSR count). The minimum atomic E-state index is -5.08. The van der Waals surface area contributed by atoms with Gasteiger partial charge in [0.25, 0.3) is 0 Å². The zero-order valence-corrected chi connectivity index (χ0v) is 24.1. The first-order chi connectivity index (χ1) is 19.4. The first kappa shape index (κ1) is 32.4. The first-order valence-corrected chi connectivity index (χ1v) is 14.1. The predicted octanol–water partition coefficient (Wildman–Crippen LogP) is 7.51. The minimum Gasteiger partial charge on any atom is -0.475 e. The average Bonchev–Trinajstić information content (AvgIpc) is 2.94. The standard InChI is InChI=1S/C29H32Cl2N2O.C2HF3O2/c1-21(27(24-12-16-26(31)17-13-24)19-22-10-14-25(30)15-11-22)32-29(34)28-9-5-6-18-33(28)20-23-7-3-2-4-8-23;3-2(4,5)1(6)7/h2-4,7-8,10-17,21,27-28H,5-6,9,18-20H2,1H3,(H,32,34);(H,6,7). The van der Waals surface area contributed by atoms with Crippen molar-refractivity contribution < 1.29 is 27.9 Å². The maximum absolute atomic E-state index is 13.5. The highest BCUT2D eigenvalue weighted by molar-refractivity contribution is 6.30. The van der Waals surface area contributed by atoms with Crippen molar-refractivity contribution in [1.29, 1.82) is 0 Å². The van der Waals surface area contributed by atoms with E-state index in [4.69, 9.17) is 33.1 Å². The molecule has 1 fully saturated rings. The largest absolute Gasteiger partial charge is 0.490 e. The van der Waals surface area contributed by atoms with E-state index in [0.717, 1.165) is 49.4 Å². The van der Waals surface area contributed by atoms with Gasteiger partial charge in [-0.15, -0.1) is 0 Å². The van der Waals surface area contributed by atoms with Gasteiger partial charge in [0.15, 0.2) is 0 Å². The van der Waals surface area contributed by atoms with Crippen LogP contribution in [-0.2, 0) is 22.6 Å². The number of carbonyl (C=O) groups is 2. The molecule has 3 atom stereocenters. The van der Waals surface area contributed by atoms with Crippen molar-refractivity contribution in [3.63, 3.8) is 0 Å². The van der Waals surface area contributed by atoms with Crippen molar-refractivity contribution in [2.24, 2.45) is 0 Å². The quantitative estimate of drug-likeness (QED) is 0.277. The van der Waals surface area contributed by atoms with E-state index < -0.39 is 12.1 Å². The van der Waals surface area contributed by atoms with E-state index >= 15 is 0 Å². The lowest BCUT2D eigenvalue weighted by Gasteiger charge is -2.36. The van der Waals surface area contributed by atoms with E-state index in [9.17, 15) is 18.0 Å². The number of halogens is 5. The van der Waals surface area contributed by atoms with Gasteiger partial charge in [0, 0.05) is 28.5 Å². The summed E-state index contributed by atoms with van der Waals surface area (Å²) in [6.45, 7) is 3.86. The van der Waals surface area contributed by atoms with Crippen molar-refractivity contribution in [2.75, 3.05) is 6.54 Å². The Morgan fingerprint density at radius 1 is 0.927 bits per heavy atom. The third-order valence-electron chi connectivity index (χ3n) is 7.03. The molecule has 1 heterocycles. The van der Waals surface area contributed by atoms with E-state index in [1.807, 2.05) is 30.3 Å². The van der Waals surface area contributed by atoms with Gasteiger partial charge in [-0.3, -0.25) is 9.69 Å². The van der Waals surface area contributed by atoms with Crippen molar-refractivity contribution in [3.05, 3.63) is 106 Å². The van der Waals surface area contributed by atoms with E-state index in [1.54, 1.807) is 0 Å². The number of nitrogens with one attached hydrogen (secondary N) is 1. The van der Waals surface area contributed by atoms with Gasteiger partial charge in [-0.25, -0.2) is 4.79 Å². The van der Waals surface area contributed by atoms with E-state index in [2.05, 4.69) is 65.7 Å². The van der Waals surface area contributed by atoms with Gasteiger partial charge in [-0.1, -0.05) is 84.2 Å². The molecule has 0 bridgehead atoms. The summed E-state index contributed by atoms with van der Waals surface area (Å²) in [6.07, 6.45) is -1.16. The van der Waals surface area contributed by atoms with Gasteiger partial charge in [-0.05, 0) is 73.7 Å². The van der Waals surface area contributed by atoms with Crippen LogP contribution in [0.2, 0.25) is 10.0 Å². The summed E-state index contributed by atoms with van der Waals surface area (Å²) >= 11 is 12.2. The topological polar surface area (TPSA) is 69.6 Å². The Bertz CT molecular complexity index is 1260. The fraction of sp³-hybridized carbons (Fsp3) is 0.355. The van der Waals surface area contributed by atoms with Gasteiger partial charge in [0.1, 0.15) is 0 Å². The number of hydrogen-bond donors (Lipinski definition) is 2. The Morgan fingerprint density at radius 3 is 2.05 bits per heavy atom. The van der Waals surface area contributed by atoms with Crippen LogP contribution in [0.3, 0.4) is 0 Å². The number of benzene rings is 3. The second-order valence-electron chi connectivity index (χ2n) is 10.1. The van der Waals surface area contributed by atoms with Crippen molar-refractivity contribution in [1.82, 2.24) is 10.2 Å². The molecule has 0 saturated carbocycles. The number of carbonyl (C=O) groups excluding carboxylic acids is 1. The van der Waals surface area contributed by atoms with Crippen LogP contribution in [-0.4, -0.2) is 46.7 Å². The second-order valence-corrected chi connectivity index (χ2v) is 10.9. The van der Waals surface area contributed by atoms with Crippen molar-refractivity contribution >= 4 is 35.1 Å². The SMILES string of the molecule is CC(NC(=O)C1CCCCN1Cc1ccccc1)C(Cc1ccc(Cl)cc1)c1ccc(Cl)cc1.O=C(O)C(F)(F)F. The molecule has 1 amide bonds. The Kier molecular flexibility index (Phi) is 12.1. The van der Waals surface area contributed by atoms with Crippen LogP contribution in [0.1, 0.15) is 48.8 Å².